The molecule has 1 N–H and O–H groups in total. The molecule has 0 saturated carbocycles. The van der Waals surface area contributed by atoms with Crippen molar-refractivity contribution in [2.24, 2.45) is 0 Å². The molecular formula is C14H19NO5S. The molecule has 1 rings (SSSR count). The molecule has 0 bridgehead atoms. The largest absolute Gasteiger partial charge is 0.480 e. The summed E-state index contributed by atoms with van der Waals surface area (Å²) in [6.45, 7) is 5.65. The third kappa shape index (κ3) is 3.30. The first-order valence-electron chi connectivity index (χ1n) is 6.42. The van der Waals surface area contributed by atoms with Gasteiger partial charge in [-0.05, 0) is 32.9 Å². The van der Waals surface area contributed by atoms with Crippen molar-refractivity contribution in [3.05, 3.63) is 29.8 Å². The van der Waals surface area contributed by atoms with Crippen molar-refractivity contribution in [1.29, 1.82) is 0 Å². The first kappa shape index (κ1) is 17.3. The van der Waals surface area contributed by atoms with Crippen LogP contribution in [-0.4, -0.2) is 41.7 Å². The second-order valence-corrected chi connectivity index (χ2v) is 6.98. The smallest absolute Gasteiger partial charge is 0.324 e. The van der Waals surface area contributed by atoms with Gasteiger partial charge < -0.3 is 5.11 Å². The van der Waals surface area contributed by atoms with Crippen LogP contribution in [0.4, 0.5) is 0 Å². The van der Waals surface area contributed by atoms with Gasteiger partial charge in [-0.25, -0.2) is 8.42 Å². The monoisotopic (exact) mass is 313 g/mol. The Morgan fingerprint density at radius 3 is 2.00 bits per heavy atom. The summed E-state index contributed by atoms with van der Waals surface area (Å²) in [4.78, 5) is 22.5. The Bertz CT molecular complexity index is 646. The number of carbonyl (C=O) groups excluding carboxylic acids is 1. The molecule has 0 aromatic heterocycles. The van der Waals surface area contributed by atoms with E-state index in [-0.39, 0.29) is 17.2 Å². The van der Waals surface area contributed by atoms with Crippen LogP contribution in [0.1, 0.15) is 38.1 Å². The zero-order valence-corrected chi connectivity index (χ0v) is 13.3. The number of aliphatic carboxylic acids is 1. The fraction of sp³-hybridized carbons (Fsp3) is 0.429. The van der Waals surface area contributed by atoms with E-state index in [1.165, 1.54) is 45.0 Å². The summed E-state index contributed by atoms with van der Waals surface area (Å²) in [5.41, 5.74) is -1.16. The minimum absolute atomic E-state index is 0.0239. The number of ketones is 1. The highest BCUT2D eigenvalue weighted by atomic mass is 32.2. The summed E-state index contributed by atoms with van der Waals surface area (Å²) in [6, 6.07) is 5.45. The maximum Gasteiger partial charge on any atom is 0.324 e. The molecule has 116 valence electrons. The molecule has 7 heteroatoms. The van der Waals surface area contributed by atoms with E-state index in [0.717, 1.165) is 4.31 Å². The summed E-state index contributed by atoms with van der Waals surface area (Å²) in [6.07, 6.45) is 0. The molecule has 1 aromatic rings. The van der Waals surface area contributed by atoms with Crippen LogP contribution >= 0.6 is 0 Å². The average molecular weight is 313 g/mol. The van der Waals surface area contributed by atoms with E-state index in [2.05, 4.69) is 0 Å². The van der Waals surface area contributed by atoms with E-state index in [0.29, 0.717) is 5.56 Å². The highest BCUT2D eigenvalue weighted by Gasteiger charge is 2.41. The number of sulfonamides is 1. The van der Waals surface area contributed by atoms with Crippen LogP contribution in [-0.2, 0) is 14.8 Å². The molecule has 0 spiro atoms. The number of hydrogen-bond donors (Lipinski definition) is 1. The van der Waals surface area contributed by atoms with E-state index < -0.39 is 21.5 Å². The number of carboxylic acid groups (broad SMARTS) is 1. The standard InChI is InChI=1S/C14H19NO5S/c1-5-15(14(3,4)13(17)18)21(19,20)12-8-6-11(7-9-12)10(2)16/h6-9H,5H2,1-4H3,(H,17,18). The van der Waals surface area contributed by atoms with Crippen LogP contribution in [0.2, 0.25) is 0 Å². The number of hydrogen-bond acceptors (Lipinski definition) is 4. The summed E-state index contributed by atoms with van der Waals surface area (Å²) in [5, 5.41) is 9.22. The van der Waals surface area contributed by atoms with Crippen molar-refractivity contribution in [2.75, 3.05) is 6.54 Å². The van der Waals surface area contributed by atoms with Gasteiger partial charge in [-0.3, -0.25) is 9.59 Å². The van der Waals surface area contributed by atoms with Crippen LogP contribution in [0.15, 0.2) is 29.2 Å². The van der Waals surface area contributed by atoms with Crippen molar-refractivity contribution in [3.8, 4) is 0 Å². The Balaban J connectivity index is 3.31. The van der Waals surface area contributed by atoms with Crippen LogP contribution in [0, 0.1) is 0 Å². The van der Waals surface area contributed by atoms with Crippen molar-refractivity contribution in [3.63, 3.8) is 0 Å². The molecule has 0 radical (unpaired) electrons. The lowest BCUT2D eigenvalue weighted by Crippen LogP contribution is -2.52. The number of Topliss-reactive ketones (excluding diaryl/α,β-unsaturated/α-hetero) is 1. The van der Waals surface area contributed by atoms with E-state index >= 15 is 0 Å². The average Bonchev–Trinajstić information content (AvgIpc) is 2.38. The van der Waals surface area contributed by atoms with Gasteiger partial charge in [-0.15, -0.1) is 0 Å². The molecule has 0 fully saturated rings. The van der Waals surface area contributed by atoms with Gasteiger partial charge in [0.1, 0.15) is 5.54 Å². The maximum absolute atomic E-state index is 12.6. The fourth-order valence-electron chi connectivity index (χ4n) is 1.96. The normalized spacial score (nSPS) is 12.4. The Morgan fingerprint density at radius 1 is 1.19 bits per heavy atom. The number of benzene rings is 1. The topological polar surface area (TPSA) is 91.8 Å². The van der Waals surface area contributed by atoms with Gasteiger partial charge in [-0.1, -0.05) is 19.1 Å². The molecule has 6 nitrogen and oxygen atoms in total. The van der Waals surface area contributed by atoms with Crippen molar-refractivity contribution in [2.45, 2.75) is 38.1 Å². The van der Waals surface area contributed by atoms with Gasteiger partial charge in [0.2, 0.25) is 10.0 Å². The lowest BCUT2D eigenvalue weighted by atomic mass is 10.1. The Hall–Kier alpha value is -1.73. The minimum atomic E-state index is -3.96. The first-order valence-corrected chi connectivity index (χ1v) is 7.86. The van der Waals surface area contributed by atoms with Crippen molar-refractivity contribution in [1.82, 2.24) is 4.31 Å². The van der Waals surface area contributed by atoms with Gasteiger partial charge in [0.25, 0.3) is 0 Å². The van der Waals surface area contributed by atoms with Crippen molar-refractivity contribution < 1.29 is 23.1 Å². The van der Waals surface area contributed by atoms with Gasteiger partial charge in [0.15, 0.2) is 5.78 Å². The first-order chi connectivity index (χ1) is 9.55. The molecular weight excluding hydrogens is 294 g/mol. The summed E-state index contributed by atoms with van der Waals surface area (Å²) < 4.78 is 26.1. The predicted molar refractivity (Wildman–Crippen MR) is 77.7 cm³/mol. The van der Waals surface area contributed by atoms with Crippen LogP contribution in [0.5, 0.6) is 0 Å². The maximum atomic E-state index is 12.6. The highest BCUT2D eigenvalue weighted by molar-refractivity contribution is 7.89. The molecule has 0 aliphatic heterocycles. The van der Waals surface area contributed by atoms with Gasteiger partial charge in [-0.2, -0.15) is 4.31 Å². The zero-order chi connectivity index (χ0) is 16.4. The Morgan fingerprint density at radius 2 is 1.67 bits per heavy atom. The number of carboxylic acids is 1. The molecule has 0 aliphatic carbocycles. The molecule has 0 unspecified atom stereocenters. The van der Waals surface area contributed by atoms with Crippen molar-refractivity contribution >= 4 is 21.8 Å². The molecule has 0 amide bonds. The lowest BCUT2D eigenvalue weighted by molar-refractivity contribution is -0.146. The number of nitrogens with zero attached hydrogens (tertiary/aromatic N) is 1. The summed E-state index contributed by atoms with van der Waals surface area (Å²) in [7, 11) is -3.96. The lowest BCUT2D eigenvalue weighted by Gasteiger charge is -2.33. The summed E-state index contributed by atoms with van der Waals surface area (Å²) in [5.74, 6) is -1.40. The summed E-state index contributed by atoms with van der Waals surface area (Å²) >= 11 is 0. The quantitative estimate of drug-likeness (QED) is 0.808. The fourth-order valence-corrected chi connectivity index (χ4v) is 3.71. The van der Waals surface area contributed by atoms with E-state index in [1.807, 2.05) is 0 Å². The second kappa shape index (κ2) is 5.95. The molecule has 0 atom stereocenters. The Kier molecular flexibility index (Phi) is 4.91. The number of carbonyl (C=O) groups is 2. The number of rotatable bonds is 6. The van der Waals surface area contributed by atoms with Crippen LogP contribution < -0.4 is 0 Å². The predicted octanol–water partition coefficient (Wildman–Crippen LogP) is 1.76. The minimum Gasteiger partial charge on any atom is -0.480 e. The third-order valence-corrected chi connectivity index (χ3v) is 5.45. The Labute approximate surface area is 124 Å². The second-order valence-electron chi connectivity index (χ2n) is 5.11. The molecule has 21 heavy (non-hydrogen) atoms. The molecule has 0 saturated heterocycles. The highest BCUT2D eigenvalue weighted by Crippen LogP contribution is 2.25. The van der Waals surface area contributed by atoms with Crippen LogP contribution in [0.3, 0.4) is 0 Å². The molecule has 0 aliphatic rings. The van der Waals surface area contributed by atoms with E-state index in [4.69, 9.17) is 0 Å². The van der Waals surface area contributed by atoms with E-state index in [9.17, 15) is 23.1 Å². The number of likely N-dealkylation sites (N-methyl/N-ethyl adjacent to an activating group) is 1. The van der Waals surface area contributed by atoms with Crippen LogP contribution in [0.25, 0.3) is 0 Å². The van der Waals surface area contributed by atoms with E-state index in [1.54, 1.807) is 6.92 Å². The third-order valence-electron chi connectivity index (χ3n) is 3.28. The SMILES string of the molecule is CCN(C(C)(C)C(=O)O)S(=O)(=O)c1ccc(C(C)=O)cc1. The van der Waals surface area contributed by atoms with Gasteiger partial charge in [0.05, 0.1) is 4.90 Å². The van der Waals surface area contributed by atoms with Gasteiger partial charge >= 0.3 is 5.97 Å². The molecule has 0 heterocycles. The molecule has 1 aromatic carbocycles. The van der Waals surface area contributed by atoms with Gasteiger partial charge in [0, 0.05) is 12.1 Å². The zero-order valence-electron chi connectivity index (χ0n) is 12.5.